The molecule has 0 aromatic heterocycles. The molecule has 1 amide bonds. The smallest absolute Gasteiger partial charge is 0.224 e. The van der Waals surface area contributed by atoms with Crippen LogP contribution in [0.5, 0.6) is 0 Å². The van der Waals surface area contributed by atoms with Crippen molar-refractivity contribution in [3.8, 4) is 0 Å². The Balaban J connectivity index is 1.84. The SMILES string of the molecule is O=C(Cc1cccc(Br)c1)NC1CCCCNC1. The minimum atomic E-state index is 0.113. The lowest BCUT2D eigenvalue weighted by Crippen LogP contribution is -2.41. The number of rotatable bonds is 3. The van der Waals surface area contributed by atoms with Crippen molar-refractivity contribution in [1.82, 2.24) is 10.6 Å². The van der Waals surface area contributed by atoms with Crippen LogP contribution in [0.25, 0.3) is 0 Å². The molecule has 1 atom stereocenters. The van der Waals surface area contributed by atoms with Gasteiger partial charge in [0.25, 0.3) is 0 Å². The van der Waals surface area contributed by atoms with Gasteiger partial charge in [-0.15, -0.1) is 0 Å². The molecule has 1 aliphatic heterocycles. The predicted octanol–water partition coefficient (Wildman–Crippen LogP) is 2.25. The van der Waals surface area contributed by atoms with Crippen LogP contribution >= 0.6 is 15.9 Å². The number of benzene rings is 1. The Bertz CT molecular complexity index is 401. The lowest BCUT2D eigenvalue weighted by molar-refractivity contribution is -0.121. The van der Waals surface area contributed by atoms with Gasteiger partial charge in [-0.2, -0.15) is 0 Å². The summed E-state index contributed by atoms with van der Waals surface area (Å²) in [6.45, 7) is 1.96. The van der Waals surface area contributed by atoms with Gasteiger partial charge >= 0.3 is 0 Å². The van der Waals surface area contributed by atoms with Crippen LogP contribution in [0.3, 0.4) is 0 Å². The molecule has 1 saturated heterocycles. The van der Waals surface area contributed by atoms with E-state index in [9.17, 15) is 4.79 Å². The van der Waals surface area contributed by atoms with Gasteiger partial charge in [0, 0.05) is 17.1 Å². The average molecular weight is 311 g/mol. The molecule has 0 bridgehead atoms. The van der Waals surface area contributed by atoms with Crippen LogP contribution in [0.4, 0.5) is 0 Å². The number of hydrogen-bond acceptors (Lipinski definition) is 2. The van der Waals surface area contributed by atoms with Crippen molar-refractivity contribution >= 4 is 21.8 Å². The van der Waals surface area contributed by atoms with Gasteiger partial charge in [-0.3, -0.25) is 4.79 Å². The van der Waals surface area contributed by atoms with E-state index >= 15 is 0 Å². The van der Waals surface area contributed by atoms with Crippen molar-refractivity contribution in [2.24, 2.45) is 0 Å². The summed E-state index contributed by atoms with van der Waals surface area (Å²) in [6, 6.07) is 8.18. The zero-order valence-corrected chi connectivity index (χ0v) is 12.0. The molecule has 18 heavy (non-hydrogen) atoms. The Kier molecular flexibility index (Phi) is 5.20. The van der Waals surface area contributed by atoms with E-state index in [0.29, 0.717) is 6.42 Å². The van der Waals surface area contributed by atoms with Crippen LogP contribution in [-0.2, 0) is 11.2 Å². The molecule has 0 aliphatic carbocycles. The Morgan fingerprint density at radius 1 is 1.44 bits per heavy atom. The molecule has 0 spiro atoms. The number of carbonyl (C=O) groups is 1. The van der Waals surface area contributed by atoms with E-state index in [1.807, 2.05) is 24.3 Å². The van der Waals surface area contributed by atoms with Crippen LogP contribution in [0.15, 0.2) is 28.7 Å². The Morgan fingerprint density at radius 3 is 3.17 bits per heavy atom. The highest BCUT2D eigenvalue weighted by molar-refractivity contribution is 9.10. The van der Waals surface area contributed by atoms with E-state index in [-0.39, 0.29) is 11.9 Å². The van der Waals surface area contributed by atoms with Gasteiger partial charge in [-0.1, -0.05) is 34.5 Å². The normalized spacial score (nSPS) is 20.2. The first-order valence-corrected chi connectivity index (χ1v) is 7.28. The number of amides is 1. The maximum absolute atomic E-state index is 12.0. The molecular weight excluding hydrogens is 292 g/mol. The average Bonchev–Trinajstić information content (AvgIpc) is 2.57. The molecule has 0 saturated carbocycles. The van der Waals surface area contributed by atoms with E-state index in [4.69, 9.17) is 0 Å². The molecule has 2 rings (SSSR count). The Labute approximate surface area is 116 Å². The largest absolute Gasteiger partial charge is 0.352 e. The lowest BCUT2D eigenvalue weighted by atomic mass is 10.1. The van der Waals surface area contributed by atoms with Crippen LogP contribution in [0.2, 0.25) is 0 Å². The van der Waals surface area contributed by atoms with Crippen molar-refractivity contribution in [3.63, 3.8) is 0 Å². The molecule has 3 nitrogen and oxygen atoms in total. The number of halogens is 1. The lowest BCUT2D eigenvalue weighted by Gasteiger charge is -2.16. The molecule has 4 heteroatoms. The van der Waals surface area contributed by atoms with Crippen LogP contribution in [0.1, 0.15) is 24.8 Å². The Hall–Kier alpha value is -0.870. The van der Waals surface area contributed by atoms with Crippen molar-refractivity contribution in [2.75, 3.05) is 13.1 Å². The third-order valence-corrected chi connectivity index (χ3v) is 3.66. The van der Waals surface area contributed by atoms with Gasteiger partial charge in [0.05, 0.1) is 6.42 Å². The summed E-state index contributed by atoms with van der Waals surface area (Å²) in [6.07, 6.45) is 3.93. The number of nitrogens with one attached hydrogen (secondary N) is 2. The fourth-order valence-electron chi connectivity index (χ4n) is 2.25. The highest BCUT2D eigenvalue weighted by Crippen LogP contribution is 2.12. The van der Waals surface area contributed by atoms with Crippen LogP contribution < -0.4 is 10.6 Å². The first kappa shape index (κ1) is 13.6. The molecular formula is C14H19BrN2O. The molecule has 1 aliphatic rings. The minimum Gasteiger partial charge on any atom is -0.352 e. The fourth-order valence-corrected chi connectivity index (χ4v) is 2.70. The number of carbonyl (C=O) groups excluding carboxylic acids is 1. The van der Waals surface area contributed by atoms with Crippen LogP contribution in [-0.4, -0.2) is 25.0 Å². The second-order valence-corrected chi connectivity index (χ2v) is 5.69. The van der Waals surface area contributed by atoms with Crippen molar-refractivity contribution in [1.29, 1.82) is 0 Å². The van der Waals surface area contributed by atoms with Gasteiger partial charge in [0.2, 0.25) is 5.91 Å². The van der Waals surface area contributed by atoms with E-state index in [1.165, 1.54) is 12.8 Å². The zero-order valence-electron chi connectivity index (χ0n) is 10.4. The third kappa shape index (κ3) is 4.42. The summed E-state index contributed by atoms with van der Waals surface area (Å²) >= 11 is 3.42. The van der Waals surface area contributed by atoms with E-state index in [1.54, 1.807) is 0 Å². The summed E-state index contributed by atoms with van der Waals surface area (Å²) in [7, 11) is 0. The first-order chi connectivity index (χ1) is 8.74. The van der Waals surface area contributed by atoms with Crippen LogP contribution in [0, 0.1) is 0 Å². The maximum Gasteiger partial charge on any atom is 0.224 e. The summed E-state index contributed by atoms with van der Waals surface area (Å²) in [4.78, 5) is 12.0. The standard InChI is InChI=1S/C14H19BrN2O/c15-12-5-3-4-11(8-12)9-14(18)17-13-6-1-2-7-16-10-13/h3-5,8,13,16H,1-2,6-7,9-10H2,(H,17,18). The highest BCUT2D eigenvalue weighted by Gasteiger charge is 2.14. The van der Waals surface area contributed by atoms with Gasteiger partial charge < -0.3 is 10.6 Å². The summed E-state index contributed by atoms with van der Waals surface area (Å²) < 4.78 is 1.02. The van der Waals surface area contributed by atoms with Gasteiger partial charge in [0.15, 0.2) is 0 Å². The number of hydrogen-bond donors (Lipinski definition) is 2. The molecule has 1 aromatic rings. The van der Waals surface area contributed by atoms with Gasteiger partial charge in [-0.05, 0) is 37.1 Å². The molecule has 0 radical (unpaired) electrons. The molecule has 2 N–H and O–H groups in total. The van der Waals surface area contributed by atoms with E-state index in [2.05, 4.69) is 26.6 Å². The monoisotopic (exact) mass is 310 g/mol. The van der Waals surface area contributed by atoms with Crippen molar-refractivity contribution in [3.05, 3.63) is 34.3 Å². The maximum atomic E-state index is 12.0. The quantitative estimate of drug-likeness (QED) is 0.899. The minimum absolute atomic E-state index is 0.113. The molecule has 98 valence electrons. The Morgan fingerprint density at radius 2 is 2.33 bits per heavy atom. The highest BCUT2D eigenvalue weighted by atomic mass is 79.9. The van der Waals surface area contributed by atoms with Crippen molar-refractivity contribution in [2.45, 2.75) is 31.7 Å². The topological polar surface area (TPSA) is 41.1 Å². The summed E-state index contributed by atoms with van der Waals surface area (Å²) in [5.41, 5.74) is 1.04. The molecule has 1 fully saturated rings. The second-order valence-electron chi connectivity index (χ2n) is 4.77. The molecule has 1 aromatic carbocycles. The summed E-state index contributed by atoms with van der Waals surface area (Å²) in [5.74, 6) is 0.113. The predicted molar refractivity (Wildman–Crippen MR) is 76.5 cm³/mol. The molecule has 1 unspecified atom stereocenters. The van der Waals surface area contributed by atoms with Gasteiger partial charge in [-0.25, -0.2) is 0 Å². The first-order valence-electron chi connectivity index (χ1n) is 6.48. The molecule has 1 heterocycles. The second kappa shape index (κ2) is 6.90. The van der Waals surface area contributed by atoms with Crippen molar-refractivity contribution < 1.29 is 4.79 Å². The summed E-state index contributed by atoms with van der Waals surface area (Å²) in [5, 5.41) is 6.46. The van der Waals surface area contributed by atoms with Gasteiger partial charge in [0.1, 0.15) is 0 Å². The van der Waals surface area contributed by atoms with E-state index < -0.39 is 0 Å². The van der Waals surface area contributed by atoms with E-state index in [0.717, 1.165) is 29.5 Å². The third-order valence-electron chi connectivity index (χ3n) is 3.17. The fraction of sp³-hybridized carbons (Fsp3) is 0.500. The zero-order chi connectivity index (χ0) is 12.8.